The second-order valence-electron chi connectivity index (χ2n) is 8.03. The fourth-order valence-electron chi connectivity index (χ4n) is 3.46. The van der Waals surface area contributed by atoms with Gasteiger partial charge in [0.15, 0.2) is 0 Å². The number of rotatable bonds is 14. The lowest BCUT2D eigenvalue weighted by Crippen LogP contribution is -2.73. The summed E-state index contributed by atoms with van der Waals surface area (Å²) in [5, 5.41) is 0. The zero-order valence-electron chi connectivity index (χ0n) is 19.2. The predicted molar refractivity (Wildman–Crippen MR) is 117 cm³/mol. The molecule has 29 heavy (non-hydrogen) atoms. The molecule has 1 rings (SSSR count). The van der Waals surface area contributed by atoms with Gasteiger partial charge in [-0.25, -0.2) is 4.31 Å². The van der Waals surface area contributed by atoms with E-state index in [9.17, 15) is 13.2 Å². The Morgan fingerprint density at radius 1 is 0.966 bits per heavy atom. The molecule has 1 aliphatic rings. The van der Waals surface area contributed by atoms with Gasteiger partial charge in [-0.3, -0.25) is 15.1 Å². The van der Waals surface area contributed by atoms with E-state index >= 15 is 0 Å². The maximum absolute atomic E-state index is 10.9. The SMILES string of the molecule is CCCC[N+](CCCC)(CCCC)CCCC.COC1(N)CN(S(=O)(=O)O)C1=O. The van der Waals surface area contributed by atoms with E-state index in [1.807, 2.05) is 0 Å². The molecule has 0 spiro atoms. The van der Waals surface area contributed by atoms with Crippen LogP contribution >= 0.6 is 0 Å². The second-order valence-corrected chi connectivity index (χ2v) is 9.37. The van der Waals surface area contributed by atoms with E-state index in [0.717, 1.165) is 0 Å². The number of β-lactam (4-membered cyclic amide) rings is 1. The molecule has 0 aromatic carbocycles. The molecular formula is C20H44N3O5S+. The Hall–Kier alpha value is -0.740. The molecule has 9 heteroatoms. The van der Waals surface area contributed by atoms with Gasteiger partial charge in [-0.15, -0.1) is 0 Å². The van der Waals surface area contributed by atoms with Gasteiger partial charge in [-0.2, -0.15) is 8.42 Å². The standard InChI is InChI=1S/C16H36N.C4H8N2O5S/c1-5-9-13-17(14-10-6-2,15-11-7-3)16-12-8-4;1-11-4(5)2-6(3(4)7)12(8,9)10/h5-16H2,1-4H3;2,5H2,1H3,(H,8,9,10)/q+1;. The Morgan fingerprint density at radius 3 is 1.52 bits per heavy atom. The predicted octanol–water partition coefficient (Wildman–Crippen LogP) is 2.94. The molecule has 0 aromatic heterocycles. The van der Waals surface area contributed by atoms with Crippen LogP contribution in [0, 0.1) is 0 Å². The van der Waals surface area contributed by atoms with Gasteiger partial charge < -0.3 is 9.22 Å². The van der Waals surface area contributed by atoms with Gasteiger partial charge in [0.1, 0.15) is 0 Å². The first-order valence-electron chi connectivity index (χ1n) is 11.0. The summed E-state index contributed by atoms with van der Waals surface area (Å²) in [6.45, 7) is 14.7. The summed E-state index contributed by atoms with van der Waals surface area (Å²) in [6, 6.07) is 0. The Bertz CT molecular complexity index is 533. The monoisotopic (exact) mass is 438 g/mol. The van der Waals surface area contributed by atoms with Crippen LogP contribution in [0.1, 0.15) is 79.1 Å². The minimum absolute atomic E-state index is 0.233. The number of hydrogen-bond donors (Lipinski definition) is 2. The molecule has 3 N–H and O–H groups in total. The van der Waals surface area contributed by atoms with Crippen molar-refractivity contribution in [2.45, 2.75) is 84.8 Å². The van der Waals surface area contributed by atoms with Crippen molar-refractivity contribution in [1.29, 1.82) is 0 Å². The Kier molecular flexibility index (Phi) is 13.2. The molecule has 1 atom stereocenters. The highest BCUT2D eigenvalue weighted by molar-refractivity contribution is 7.84. The van der Waals surface area contributed by atoms with Crippen molar-refractivity contribution in [2.24, 2.45) is 5.73 Å². The molecule has 8 nitrogen and oxygen atoms in total. The minimum Gasteiger partial charge on any atom is -0.353 e. The van der Waals surface area contributed by atoms with Gasteiger partial charge >= 0.3 is 10.3 Å². The molecule has 0 aliphatic carbocycles. The molecule has 0 bridgehead atoms. The fraction of sp³-hybridized carbons (Fsp3) is 0.950. The summed E-state index contributed by atoms with van der Waals surface area (Å²) in [5.41, 5.74) is 3.64. The number of nitrogens with zero attached hydrogens (tertiary/aromatic N) is 2. The third-order valence-corrected chi connectivity index (χ3v) is 6.41. The van der Waals surface area contributed by atoms with Crippen molar-refractivity contribution in [3.8, 4) is 0 Å². The van der Waals surface area contributed by atoms with Gasteiger partial charge in [-0.1, -0.05) is 53.4 Å². The molecular weight excluding hydrogens is 394 g/mol. The van der Waals surface area contributed by atoms with Crippen LogP contribution in [-0.4, -0.2) is 73.2 Å². The van der Waals surface area contributed by atoms with Crippen LogP contribution in [0.3, 0.4) is 0 Å². The lowest BCUT2D eigenvalue weighted by atomic mass is 10.1. The van der Waals surface area contributed by atoms with E-state index in [-0.39, 0.29) is 10.8 Å². The van der Waals surface area contributed by atoms with Gasteiger partial charge in [0.2, 0.25) is 5.72 Å². The molecule has 174 valence electrons. The number of carbonyl (C=O) groups excluding carboxylic acids is 1. The van der Waals surface area contributed by atoms with E-state index in [4.69, 9.17) is 10.3 Å². The first-order valence-corrected chi connectivity index (χ1v) is 12.4. The quantitative estimate of drug-likeness (QED) is 0.187. The number of carbonyl (C=O) groups is 1. The molecule has 0 saturated carbocycles. The Labute approximate surface area is 178 Å². The maximum Gasteiger partial charge on any atom is 0.362 e. The molecule has 1 heterocycles. The third kappa shape index (κ3) is 9.29. The maximum atomic E-state index is 10.9. The van der Waals surface area contributed by atoms with Gasteiger partial charge in [0.05, 0.1) is 32.7 Å². The van der Waals surface area contributed by atoms with Crippen molar-refractivity contribution in [3.05, 3.63) is 0 Å². The van der Waals surface area contributed by atoms with E-state index < -0.39 is 21.9 Å². The smallest absolute Gasteiger partial charge is 0.353 e. The lowest BCUT2D eigenvalue weighted by Gasteiger charge is -2.41. The van der Waals surface area contributed by atoms with E-state index in [1.54, 1.807) is 0 Å². The number of quaternary nitrogens is 1. The van der Waals surface area contributed by atoms with Crippen molar-refractivity contribution in [3.63, 3.8) is 0 Å². The lowest BCUT2D eigenvalue weighted by molar-refractivity contribution is -0.929. The highest BCUT2D eigenvalue weighted by Crippen LogP contribution is 2.23. The normalized spacial score (nSPS) is 19.6. The second kappa shape index (κ2) is 13.5. The van der Waals surface area contributed by atoms with Crippen LogP contribution in [0.25, 0.3) is 0 Å². The molecule has 1 saturated heterocycles. The summed E-state index contributed by atoms with van der Waals surface area (Å²) in [4.78, 5) is 10.9. The van der Waals surface area contributed by atoms with Crippen LogP contribution < -0.4 is 5.73 Å². The number of ether oxygens (including phenoxy) is 1. The summed E-state index contributed by atoms with van der Waals surface area (Å²) >= 11 is 0. The highest BCUT2D eigenvalue weighted by atomic mass is 32.2. The van der Waals surface area contributed by atoms with Crippen LogP contribution in [0.2, 0.25) is 0 Å². The highest BCUT2D eigenvalue weighted by Gasteiger charge is 2.54. The van der Waals surface area contributed by atoms with Crippen molar-refractivity contribution in [2.75, 3.05) is 39.8 Å². The zero-order valence-corrected chi connectivity index (χ0v) is 20.0. The molecule has 1 unspecified atom stereocenters. The summed E-state index contributed by atoms with van der Waals surface area (Å²) in [6.07, 6.45) is 11.1. The first kappa shape index (κ1) is 28.3. The average molecular weight is 439 g/mol. The van der Waals surface area contributed by atoms with E-state index in [1.165, 1.54) is 89.1 Å². The summed E-state index contributed by atoms with van der Waals surface area (Å²) in [5.74, 6) is -0.965. The number of unbranched alkanes of at least 4 members (excludes halogenated alkanes) is 4. The molecule has 0 radical (unpaired) electrons. The van der Waals surface area contributed by atoms with Crippen LogP contribution in [0.15, 0.2) is 0 Å². The number of nitrogens with two attached hydrogens (primary N) is 1. The Balaban J connectivity index is 0.000000571. The van der Waals surface area contributed by atoms with Crippen molar-refractivity contribution >= 4 is 16.2 Å². The van der Waals surface area contributed by atoms with Gasteiger partial charge in [0, 0.05) is 7.11 Å². The molecule has 1 aliphatic heterocycles. The van der Waals surface area contributed by atoms with E-state index in [2.05, 4.69) is 32.4 Å². The fourth-order valence-corrected chi connectivity index (χ4v) is 4.17. The Morgan fingerprint density at radius 2 is 1.31 bits per heavy atom. The van der Waals surface area contributed by atoms with Gasteiger partial charge in [0.25, 0.3) is 5.91 Å². The van der Waals surface area contributed by atoms with Crippen LogP contribution in [-0.2, 0) is 19.8 Å². The summed E-state index contributed by atoms with van der Waals surface area (Å²) in [7, 11) is -3.29. The average Bonchev–Trinajstić information content (AvgIpc) is 2.70. The van der Waals surface area contributed by atoms with Crippen molar-refractivity contribution in [1.82, 2.24) is 4.31 Å². The zero-order chi connectivity index (χ0) is 22.6. The van der Waals surface area contributed by atoms with Crippen LogP contribution in [0.4, 0.5) is 0 Å². The number of amides is 1. The summed E-state index contributed by atoms with van der Waals surface area (Å²) < 4.78 is 35.3. The third-order valence-electron chi connectivity index (χ3n) is 5.55. The van der Waals surface area contributed by atoms with Gasteiger partial charge in [-0.05, 0) is 25.7 Å². The molecule has 0 aromatic rings. The van der Waals surface area contributed by atoms with Crippen LogP contribution in [0.5, 0.6) is 0 Å². The molecule has 1 amide bonds. The topological polar surface area (TPSA) is 110 Å². The largest absolute Gasteiger partial charge is 0.362 e. The first-order chi connectivity index (χ1) is 13.6. The number of methoxy groups -OCH3 is 1. The van der Waals surface area contributed by atoms with Crippen molar-refractivity contribution < 1.29 is 27.0 Å². The van der Waals surface area contributed by atoms with E-state index in [0.29, 0.717) is 0 Å². The number of hydrogen-bond acceptors (Lipinski definition) is 5. The molecule has 1 fully saturated rings. The minimum atomic E-state index is -4.47.